The number of benzene rings is 3. The fourth-order valence-electron chi connectivity index (χ4n) is 3.89. The third-order valence-corrected chi connectivity index (χ3v) is 5.87. The van der Waals surface area contributed by atoms with Gasteiger partial charge in [-0.25, -0.2) is 4.68 Å². The largest absolute Gasteiger partial charge is 0.493 e. The van der Waals surface area contributed by atoms with Gasteiger partial charge in [-0.05, 0) is 36.4 Å². The van der Waals surface area contributed by atoms with Crippen LogP contribution < -0.4 is 14.2 Å². The van der Waals surface area contributed by atoms with Gasteiger partial charge in [-0.3, -0.25) is 4.79 Å². The van der Waals surface area contributed by atoms with Crippen molar-refractivity contribution < 1.29 is 19.0 Å². The van der Waals surface area contributed by atoms with Gasteiger partial charge < -0.3 is 19.1 Å². The van der Waals surface area contributed by atoms with Crippen LogP contribution in [0.2, 0.25) is 5.02 Å². The molecule has 1 heterocycles. The molecule has 0 saturated carbocycles. The lowest BCUT2D eigenvalue weighted by Gasteiger charge is -2.20. The van der Waals surface area contributed by atoms with Gasteiger partial charge in [0, 0.05) is 35.9 Å². The Bertz CT molecular complexity index is 1320. The highest BCUT2D eigenvalue weighted by Crippen LogP contribution is 2.40. The molecule has 3 aromatic carbocycles. The van der Waals surface area contributed by atoms with Crippen molar-refractivity contribution in [3.8, 4) is 34.2 Å². The van der Waals surface area contributed by atoms with Gasteiger partial charge in [0.2, 0.25) is 5.75 Å². The van der Waals surface area contributed by atoms with E-state index in [0.717, 1.165) is 22.5 Å². The average molecular weight is 492 g/mol. The van der Waals surface area contributed by atoms with Crippen LogP contribution >= 0.6 is 11.6 Å². The Morgan fingerprint density at radius 2 is 1.60 bits per heavy atom. The molecule has 4 aromatic rings. The summed E-state index contributed by atoms with van der Waals surface area (Å²) in [5.41, 5.74) is 3.85. The molecule has 0 aliphatic heterocycles. The highest BCUT2D eigenvalue weighted by molar-refractivity contribution is 6.30. The van der Waals surface area contributed by atoms with E-state index in [1.54, 1.807) is 24.1 Å². The molecule has 0 aliphatic rings. The van der Waals surface area contributed by atoms with Crippen LogP contribution in [0.3, 0.4) is 0 Å². The molecule has 0 fully saturated rings. The zero-order chi connectivity index (χ0) is 24.9. The van der Waals surface area contributed by atoms with Gasteiger partial charge in [0.1, 0.15) is 0 Å². The first-order valence-electron chi connectivity index (χ1n) is 10.9. The number of halogens is 1. The number of aromatic nitrogens is 2. The summed E-state index contributed by atoms with van der Waals surface area (Å²) in [5.74, 6) is 0.949. The highest BCUT2D eigenvalue weighted by atomic mass is 35.5. The predicted octanol–water partition coefficient (Wildman–Crippen LogP) is 5.49. The second-order valence-electron chi connectivity index (χ2n) is 7.83. The molecule has 0 saturated heterocycles. The lowest BCUT2D eigenvalue weighted by Crippen LogP contribution is -2.27. The molecule has 0 spiro atoms. The van der Waals surface area contributed by atoms with Gasteiger partial charge in [0.15, 0.2) is 11.5 Å². The first kappa shape index (κ1) is 24.2. The maximum atomic E-state index is 13.5. The van der Waals surface area contributed by atoms with E-state index >= 15 is 0 Å². The lowest BCUT2D eigenvalue weighted by atomic mass is 10.1. The first-order valence-corrected chi connectivity index (χ1v) is 11.3. The van der Waals surface area contributed by atoms with E-state index in [-0.39, 0.29) is 5.91 Å². The van der Waals surface area contributed by atoms with Gasteiger partial charge in [-0.2, -0.15) is 5.10 Å². The molecule has 4 rings (SSSR count). The Kier molecular flexibility index (Phi) is 7.27. The van der Waals surface area contributed by atoms with Crippen LogP contribution in [0.15, 0.2) is 72.9 Å². The zero-order valence-electron chi connectivity index (χ0n) is 20.0. The average Bonchev–Trinajstić information content (AvgIpc) is 3.31. The summed E-state index contributed by atoms with van der Waals surface area (Å²) in [5, 5.41) is 5.47. The fourth-order valence-corrected chi connectivity index (χ4v) is 4.02. The lowest BCUT2D eigenvalue weighted by molar-refractivity contribution is 0.0781. The number of carbonyl (C=O) groups excluding carboxylic acids is 1. The van der Waals surface area contributed by atoms with Crippen molar-refractivity contribution in [3.63, 3.8) is 0 Å². The van der Waals surface area contributed by atoms with Crippen molar-refractivity contribution in [1.29, 1.82) is 0 Å². The first-order chi connectivity index (χ1) is 17.0. The Hall–Kier alpha value is -3.97. The minimum absolute atomic E-state index is 0.225. The van der Waals surface area contributed by atoms with Crippen molar-refractivity contribution in [2.24, 2.45) is 0 Å². The summed E-state index contributed by atoms with van der Waals surface area (Å²) >= 11 is 6.10. The number of carbonyl (C=O) groups is 1. The molecular formula is C27H26ClN3O4. The molecule has 0 radical (unpaired) electrons. The molecule has 0 bridgehead atoms. The topological polar surface area (TPSA) is 65.8 Å². The van der Waals surface area contributed by atoms with Crippen molar-refractivity contribution >= 4 is 17.5 Å². The summed E-state index contributed by atoms with van der Waals surface area (Å²) in [6.45, 7) is 0.321. The fraction of sp³-hybridized carbons (Fsp3) is 0.185. The van der Waals surface area contributed by atoms with Crippen molar-refractivity contribution in [1.82, 2.24) is 14.7 Å². The Morgan fingerprint density at radius 1 is 0.914 bits per heavy atom. The molecule has 8 heteroatoms. The SMILES string of the molecule is COc1ccc(C(=O)N(C)Cc2cn(-c3ccccc3)nc2-c2ccc(Cl)cc2)c(OC)c1OC. The van der Waals surface area contributed by atoms with E-state index in [4.69, 9.17) is 30.9 Å². The minimum Gasteiger partial charge on any atom is -0.493 e. The van der Waals surface area contributed by atoms with Crippen LogP contribution in [0.4, 0.5) is 0 Å². The summed E-state index contributed by atoms with van der Waals surface area (Å²) in [7, 11) is 6.28. The van der Waals surface area contributed by atoms with E-state index in [0.29, 0.717) is 34.4 Å². The standard InChI is InChI=1S/C27H26ClN3O4/c1-30(27(32)22-14-15-23(33-2)26(35-4)25(22)34-3)16-19-17-31(21-8-6-5-7-9-21)29-24(19)18-10-12-20(28)13-11-18/h5-15,17H,16H2,1-4H3. The third kappa shape index (κ3) is 4.95. The molecule has 0 unspecified atom stereocenters. The quantitative estimate of drug-likeness (QED) is 0.326. The number of methoxy groups -OCH3 is 3. The number of rotatable bonds is 8. The zero-order valence-corrected chi connectivity index (χ0v) is 20.7. The van der Waals surface area contributed by atoms with Gasteiger partial charge >= 0.3 is 0 Å². The van der Waals surface area contributed by atoms with E-state index in [2.05, 4.69) is 0 Å². The van der Waals surface area contributed by atoms with Crippen LogP contribution in [0, 0.1) is 0 Å². The summed E-state index contributed by atoms with van der Waals surface area (Å²) in [4.78, 5) is 15.1. The van der Waals surface area contributed by atoms with Gasteiger partial charge in [0.25, 0.3) is 5.91 Å². The second-order valence-corrected chi connectivity index (χ2v) is 8.27. The van der Waals surface area contributed by atoms with Crippen LogP contribution in [-0.2, 0) is 6.54 Å². The van der Waals surface area contributed by atoms with Crippen molar-refractivity contribution in [3.05, 3.63) is 89.1 Å². The van der Waals surface area contributed by atoms with E-state index in [1.165, 1.54) is 21.3 Å². The number of para-hydroxylation sites is 1. The number of hydrogen-bond acceptors (Lipinski definition) is 5. The van der Waals surface area contributed by atoms with E-state index in [9.17, 15) is 4.79 Å². The number of hydrogen-bond donors (Lipinski definition) is 0. The highest BCUT2D eigenvalue weighted by Gasteiger charge is 2.24. The van der Waals surface area contributed by atoms with E-state index < -0.39 is 0 Å². The van der Waals surface area contributed by atoms with Gasteiger partial charge in [-0.1, -0.05) is 41.9 Å². The van der Waals surface area contributed by atoms with Crippen LogP contribution in [0.25, 0.3) is 16.9 Å². The third-order valence-electron chi connectivity index (χ3n) is 5.62. The van der Waals surface area contributed by atoms with Crippen molar-refractivity contribution in [2.75, 3.05) is 28.4 Å². The van der Waals surface area contributed by atoms with Gasteiger partial charge in [-0.15, -0.1) is 0 Å². The van der Waals surface area contributed by atoms with Crippen LogP contribution in [0.5, 0.6) is 17.2 Å². The molecule has 0 N–H and O–H groups in total. The molecule has 1 amide bonds. The Labute approximate surface area is 209 Å². The number of amides is 1. The van der Waals surface area contributed by atoms with E-state index in [1.807, 2.05) is 65.5 Å². The minimum atomic E-state index is -0.225. The van der Waals surface area contributed by atoms with Crippen LogP contribution in [0.1, 0.15) is 15.9 Å². The number of nitrogens with zero attached hydrogens (tertiary/aromatic N) is 3. The molecule has 0 aliphatic carbocycles. The summed E-state index contributed by atoms with van der Waals surface area (Å²) in [6.07, 6.45) is 1.94. The molecule has 180 valence electrons. The van der Waals surface area contributed by atoms with Gasteiger partial charge in [0.05, 0.1) is 38.3 Å². The Balaban J connectivity index is 1.71. The number of ether oxygens (including phenoxy) is 3. The molecular weight excluding hydrogens is 466 g/mol. The van der Waals surface area contributed by atoms with Crippen LogP contribution in [-0.4, -0.2) is 49.0 Å². The van der Waals surface area contributed by atoms with Crippen molar-refractivity contribution in [2.45, 2.75) is 6.54 Å². The maximum absolute atomic E-state index is 13.5. The second kappa shape index (κ2) is 10.5. The summed E-state index contributed by atoms with van der Waals surface area (Å²) in [6, 6.07) is 20.7. The monoisotopic (exact) mass is 491 g/mol. The molecule has 0 atom stereocenters. The molecule has 35 heavy (non-hydrogen) atoms. The summed E-state index contributed by atoms with van der Waals surface area (Å²) < 4.78 is 18.1. The Morgan fingerprint density at radius 3 is 2.23 bits per heavy atom. The predicted molar refractivity (Wildman–Crippen MR) is 136 cm³/mol. The maximum Gasteiger partial charge on any atom is 0.257 e. The normalized spacial score (nSPS) is 10.7. The molecule has 1 aromatic heterocycles. The molecule has 7 nitrogen and oxygen atoms in total. The smallest absolute Gasteiger partial charge is 0.257 e.